The maximum atomic E-state index is 9.05. The van der Waals surface area contributed by atoms with Crippen LogP contribution in [-0.4, -0.2) is 30.0 Å². The summed E-state index contributed by atoms with van der Waals surface area (Å²) in [5.74, 6) is 0. The van der Waals surface area contributed by atoms with E-state index in [0.717, 1.165) is 11.0 Å². The van der Waals surface area contributed by atoms with Crippen LogP contribution in [0.15, 0.2) is 18.2 Å². The molecular formula is C14H20BClO3. The van der Waals surface area contributed by atoms with Crippen LogP contribution >= 0.6 is 11.6 Å². The van der Waals surface area contributed by atoms with Crippen LogP contribution in [0.1, 0.15) is 33.3 Å². The number of rotatable bonds is 3. The molecule has 0 spiro atoms. The highest BCUT2D eigenvalue weighted by molar-refractivity contribution is 6.65. The predicted molar refractivity (Wildman–Crippen MR) is 78.0 cm³/mol. The Labute approximate surface area is 120 Å². The fraction of sp³-hybridized carbons (Fsp3) is 0.571. The van der Waals surface area contributed by atoms with Crippen molar-refractivity contribution in [1.29, 1.82) is 0 Å². The molecule has 0 unspecified atom stereocenters. The number of benzene rings is 1. The first kappa shape index (κ1) is 14.9. The second-order valence-electron chi connectivity index (χ2n) is 5.88. The molecule has 1 aliphatic heterocycles. The molecule has 1 aromatic carbocycles. The summed E-state index contributed by atoms with van der Waals surface area (Å²) in [6.07, 6.45) is 0.534. The molecule has 0 amide bonds. The lowest BCUT2D eigenvalue weighted by atomic mass is 9.78. The van der Waals surface area contributed by atoms with Crippen molar-refractivity contribution in [1.82, 2.24) is 0 Å². The standard InChI is InChI=1S/C14H20BClO3/c1-13(2)14(3,4)19-15(18-13)11-7-5-6-10(8-9-17)12(11)16/h5-7,17H,8-9H2,1-4H3. The molecule has 1 heterocycles. The maximum Gasteiger partial charge on any atom is 0.496 e. The summed E-state index contributed by atoms with van der Waals surface area (Å²) >= 11 is 6.38. The third-order valence-corrected chi connectivity index (χ3v) is 4.46. The summed E-state index contributed by atoms with van der Waals surface area (Å²) in [4.78, 5) is 0. The average molecular weight is 283 g/mol. The van der Waals surface area contributed by atoms with Crippen molar-refractivity contribution >= 4 is 24.2 Å². The Morgan fingerprint density at radius 2 is 1.74 bits per heavy atom. The van der Waals surface area contributed by atoms with Crippen LogP contribution in [0.3, 0.4) is 0 Å². The lowest BCUT2D eigenvalue weighted by Crippen LogP contribution is -2.41. The van der Waals surface area contributed by atoms with Crippen LogP contribution in [0.4, 0.5) is 0 Å². The van der Waals surface area contributed by atoms with Crippen molar-refractivity contribution in [3.8, 4) is 0 Å². The van der Waals surface area contributed by atoms with Gasteiger partial charge in [-0.3, -0.25) is 0 Å². The van der Waals surface area contributed by atoms with Crippen molar-refractivity contribution in [2.24, 2.45) is 0 Å². The Balaban J connectivity index is 2.32. The number of aliphatic hydroxyl groups is 1. The zero-order valence-corrected chi connectivity index (χ0v) is 12.6. The van der Waals surface area contributed by atoms with Gasteiger partial charge in [0, 0.05) is 17.1 Å². The quantitative estimate of drug-likeness (QED) is 0.864. The Hall–Kier alpha value is -0.545. The lowest BCUT2D eigenvalue weighted by Gasteiger charge is -2.32. The highest BCUT2D eigenvalue weighted by atomic mass is 35.5. The van der Waals surface area contributed by atoms with Crippen LogP contribution in [-0.2, 0) is 15.7 Å². The molecule has 0 radical (unpaired) electrons. The van der Waals surface area contributed by atoms with Gasteiger partial charge in [-0.25, -0.2) is 0 Å². The highest BCUT2D eigenvalue weighted by Gasteiger charge is 2.52. The Morgan fingerprint density at radius 1 is 1.16 bits per heavy atom. The third-order valence-electron chi connectivity index (χ3n) is 4.00. The number of hydrogen-bond donors (Lipinski definition) is 1. The zero-order chi connectivity index (χ0) is 14.3. The molecule has 1 saturated heterocycles. The van der Waals surface area contributed by atoms with Gasteiger partial charge in [-0.05, 0) is 39.7 Å². The smallest absolute Gasteiger partial charge is 0.399 e. The van der Waals surface area contributed by atoms with Gasteiger partial charge < -0.3 is 14.4 Å². The molecular weight excluding hydrogens is 262 g/mol. The molecule has 2 rings (SSSR count). The van der Waals surface area contributed by atoms with E-state index >= 15 is 0 Å². The van der Waals surface area contributed by atoms with Gasteiger partial charge in [0.15, 0.2) is 0 Å². The Bertz CT molecular complexity index is 458. The van der Waals surface area contributed by atoms with Crippen LogP contribution in [0.25, 0.3) is 0 Å². The van der Waals surface area contributed by atoms with E-state index in [1.165, 1.54) is 0 Å². The molecule has 1 fully saturated rings. The molecule has 0 saturated carbocycles. The fourth-order valence-corrected chi connectivity index (χ4v) is 2.37. The molecule has 19 heavy (non-hydrogen) atoms. The minimum Gasteiger partial charge on any atom is -0.399 e. The number of hydrogen-bond acceptors (Lipinski definition) is 3. The van der Waals surface area contributed by atoms with E-state index in [0.29, 0.717) is 11.4 Å². The lowest BCUT2D eigenvalue weighted by molar-refractivity contribution is 0.00578. The summed E-state index contributed by atoms with van der Waals surface area (Å²) in [5.41, 5.74) is 0.977. The van der Waals surface area contributed by atoms with Crippen LogP contribution in [0.2, 0.25) is 5.02 Å². The van der Waals surface area contributed by atoms with E-state index in [1.54, 1.807) is 0 Å². The summed E-state index contributed by atoms with van der Waals surface area (Å²) in [7, 11) is -0.462. The van der Waals surface area contributed by atoms with Gasteiger partial charge in [0.2, 0.25) is 0 Å². The molecule has 104 valence electrons. The molecule has 0 aliphatic carbocycles. The third kappa shape index (κ3) is 2.68. The van der Waals surface area contributed by atoms with E-state index < -0.39 is 7.12 Å². The van der Waals surface area contributed by atoms with Crippen LogP contribution in [0.5, 0.6) is 0 Å². The Morgan fingerprint density at radius 3 is 2.26 bits per heavy atom. The summed E-state index contributed by atoms with van der Waals surface area (Å²) in [5, 5.41) is 9.67. The monoisotopic (exact) mass is 282 g/mol. The molecule has 0 bridgehead atoms. The van der Waals surface area contributed by atoms with Gasteiger partial charge in [-0.15, -0.1) is 0 Å². The molecule has 3 nitrogen and oxygen atoms in total. The van der Waals surface area contributed by atoms with Gasteiger partial charge in [0.05, 0.1) is 11.2 Å². The highest BCUT2D eigenvalue weighted by Crippen LogP contribution is 2.37. The molecule has 0 atom stereocenters. The first-order valence-electron chi connectivity index (χ1n) is 6.52. The topological polar surface area (TPSA) is 38.7 Å². The maximum absolute atomic E-state index is 9.05. The van der Waals surface area contributed by atoms with Crippen molar-refractivity contribution in [3.63, 3.8) is 0 Å². The van der Waals surface area contributed by atoms with E-state index in [1.807, 2.05) is 45.9 Å². The minimum atomic E-state index is -0.462. The predicted octanol–water partition coefficient (Wildman–Crippen LogP) is 2.17. The van der Waals surface area contributed by atoms with E-state index in [-0.39, 0.29) is 17.8 Å². The second kappa shape index (κ2) is 5.10. The number of aliphatic hydroxyl groups excluding tert-OH is 1. The van der Waals surface area contributed by atoms with Crippen molar-refractivity contribution in [2.45, 2.75) is 45.3 Å². The van der Waals surface area contributed by atoms with Crippen LogP contribution < -0.4 is 5.46 Å². The van der Waals surface area contributed by atoms with Crippen LogP contribution in [0, 0.1) is 0 Å². The van der Waals surface area contributed by atoms with Gasteiger partial charge >= 0.3 is 7.12 Å². The largest absolute Gasteiger partial charge is 0.496 e. The van der Waals surface area contributed by atoms with Gasteiger partial charge in [0.1, 0.15) is 0 Å². The molecule has 1 aromatic rings. The summed E-state index contributed by atoms with van der Waals surface area (Å²) in [6, 6.07) is 5.73. The average Bonchev–Trinajstić information content (AvgIpc) is 2.51. The Kier molecular flexibility index (Phi) is 3.98. The SMILES string of the molecule is CC1(C)OB(c2cccc(CCO)c2Cl)OC1(C)C. The normalized spacial score (nSPS) is 20.8. The van der Waals surface area contributed by atoms with Gasteiger partial charge in [-0.2, -0.15) is 0 Å². The van der Waals surface area contributed by atoms with Gasteiger partial charge in [0.25, 0.3) is 0 Å². The zero-order valence-electron chi connectivity index (χ0n) is 11.9. The summed E-state index contributed by atoms with van der Waals surface area (Å²) < 4.78 is 12.0. The van der Waals surface area contributed by atoms with E-state index in [2.05, 4.69) is 0 Å². The fourth-order valence-electron chi connectivity index (χ4n) is 2.07. The summed E-state index contributed by atoms with van der Waals surface area (Å²) in [6.45, 7) is 8.13. The first-order chi connectivity index (χ1) is 8.78. The second-order valence-corrected chi connectivity index (χ2v) is 6.26. The molecule has 0 aromatic heterocycles. The van der Waals surface area contributed by atoms with E-state index in [4.69, 9.17) is 26.0 Å². The van der Waals surface area contributed by atoms with Crippen molar-refractivity contribution in [2.75, 3.05) is 6.61 Å². The molecule has 1 N–H and O–H groups in total. The van der Waals surface area contributed by atoms with E-state index in [9.17, 15) is 0 Å². The molecule has 5 heteroatoms. The van der Waals surface area contributed by atoms with Gasteiger partial charge in [-0.1, -0.05) is 29.8 Å². The van der Waals surface area contributed by atoms with Crippen molar-refractivity contribution < 1.29 is 14.4 Å². The number of halogens is 1. The minimum absolute atomic E-state index is 0.0759. The first-order valence-corrected chi connectivity index (χ1v) is 6.90. The van der Waals surface area contributed by atoms with Crippen molar-refractivity contribution in [3.05, 3.63) is 28.8 Å². The molecule has 1 aliphatic rings.